The third kappa shape index (κ3) is 4.28. The van der Waals surface area contributed by atoms with Crippen molar-refractivity contribution in [1.82, 2.24) is 5.43 Å². The minimum Gasteiger partial charge on any atom is -0.271 e. The summed E-state index contributed by atoms with van der Waals surface area (Å²) in [6, 6.07) is 8.97. The van der Waals surface area contributed by atoms with Crippen LogP contribution in [0.3, 0.4) is 0 Å². The van der Waals surface area contributed by atoms with Crippen LogP contribution in [-0.4, -0.2) is 6.04 Å². The molecule has 0 saturated heterocycles. The molecule has 2 nitrogen and oxygen atoms in total. The van der Waals surface area contributed by atoms with Crippen molar-refractivity contribution >= 4 is 22.9 Å². The molecule has 1 aromatic carbocycles. The fourth-order valence-corrected chi connectivity index (χ4v) is 3.19. The van der Waals surface area contributed by atoms with Crippen molar-refractivity contribution in [3.8, 4) is 0 Å². The van der Waals surface area contributed by atoms with E-state index in [9.17, 15) is 4.39 Å². The van der Waals surface area contributed by atoms with Crippen LogP contribution in [0.5, 0.6) is 0 Å². The molecule has 1 heterocycles. The summed E-state index contributed by atoms with van der Waals surface area (Å²) in [6.45, 7) is 0. The van der Waals surface area contributed by atoms with Gasteiger partial charge in [-0.3, -0.25) is 11.3 Å². The number of nitrogens with one attached hydrogen (secondary N) is 1. The molecule has 1 atom stereocenters. The molecule has 2 rings (SSSR count). The second-order valence-corrected chi connectivity index (χ2v) is 6.18. The van der Waals surface area contributed by atoms with Crippen molar-refractivity contribution in [3.05, 3.63) is 57.0 Å². The van der Waals surface area contributed by atoms with Crippen LogP contribution in [0.2, 0.25) is 5.02 Å². The molecule has 0 radical (unpaired) electrons. The van der Waals surface area contributed by atoms with Gasteiger partial charge in [-0.2, -0.15) is 0 Å². The van der Waals surface area contributed by atoms with Crippen LogP contribution < -0.4 is 11.3 Å². The summed E-state index contributed by atoms with van der Waals surface area (Å²) in [6.07, 6.45) is 3.44. The lowest BCUT2D eigenvalue weighted by Crippen LogP contribution is -2.37. The molecule has 108 valence electrons. The molecule has 5 heteroatoms. The van der Waals surface area contributed by atoms with Crippen LogP contribution in [0.4, 0.5) is 4.39 Å². The summed E-state index contributed by atoms with van der Waals surface area (Å²) in [5.41, 5.74) is 3.30. The molecule has 0 spiro atoms. The first kappa shape index (κ1) is 15.4. The Kier molecular flexibility index (Phi) is 5.98. The predicted octanol–water partition coefficient (Wildman–Crippen LogP) is 3.94. The molecular formula is C15H18ClFN2S. The number of hydrazine groups is 1. The summed E-state index contributed by atoms with van der Waals surface area (Å²) >= 11 is 7.80. The van der Waals surface area contributed by atoms with E-state index in [0.29, 0.717) is 17.0 Å². The molecule has 3 N–H and O–H groups in total. The lowest BCUT2D eigenvalue weighted by Gasteiger charge is -2.17. The monoisotopic (exact) mass is 312 g/mol. The summed E-state index contributed by atoms with van der Waals surface area (Å²) < 4.78 is 13.7. The zero-order chi connectivity index (χ0) is 14.4. The number of thiophene rings is 1. The van der Waals surface area contributed by atoms with E-state index in [-0.39, 0.29) is 11.9 Å². The minimum atomic E-state index is -0.268. The summed E-state index contributed by atoms with van der Waals surface area (Å²) in [5, 5.41) is 2.54. The average Bonchev–Trinajstić information content (AvgIpc) is 2.94. The molecule has 0 bridgehead atoms. The van der Waals surface area contributed by atoms with Gasteiger partial charge in [0.1, 0.15) is 5.82 Å². The van der Waals surface area contributed by atoms with Gasteiger partial charge >= 0.3 is 0 Å². The van der Waals surface area contributed by atoms with Gasteiger partial charge in [0.15, 0.2) is 0 Å². The summed E-state index contributed by atoms with van der Waals surface area (Å²) in [5.74, 6) is 5.30. The van der Waals surface area contributed by atoms with Gasteiger partial charge in [-0.05, 0) is 49.3 Å². The molecule has 1 unspecified atom stereocenters. The lowest BCUT2D eigenvalue weighted by molar-refractivity contribution is 0.467. The fourth-order valence-electron chi connectivity index (χ4n) is 2.20. The minimum absolute atomic E-state index is 0.0318. The normalized spacial score (nSPS) is 12.6. The zero-order valence-corrected chi connectivity index (χ0v) is 12.7. The molecule has 0 aliphatic carbocycles. The number of benzene rings is 1. The van der Waals surface area contributed by atoms with Crippen LogP contribution in [-0.2, 0) is 12.8 Å². The van der Waals surface area contributed by atoms with Gasteiger partial charge in [0, 0.05) is 21.5 Å². The van der Waals surface area contributed by atoms with Gasteiger partial charge in [-0.15, -0.1) is 11.3 Å². The van der Waals surface area contributed by atoms with E-state index in [1.165, 1.54) is 10.9 Å². The van der Waals surface area contributed by atoms with E-state index < -0.39 is 0 Å². The van der Waals surface area contributed by atoms with Gasteiger partial charge in [-0.1, -0.05) is 23.7 Å². The van der Waals surface area contributed by atoms with Crippen molar-refractivity contribution in [2.75, 3.05) is 0 Å². The topological polar surface area (TPSA) is 38.0 Å². The van der Waals surface area contributed by atoms with Crippen molar-refractivity contribution in [1.29, 1.82) is 0 Å². The van der Waals surface area contributed by atoms with E-state index in [1.807, 2.05) is 0 Å². The molecule has 1 aromatic heterocycles. The van der Waals surface area contributed by atoms with E-state index in [1.54, 1.807) is 23.5 Å². The standard InChI is InChI=1S/C15H18ClFN2S/c16-14-7-2-8-15(17)13(14)10-11(19-18)4-1-5-12-6-3-9-20-12/h2-3,6-9,11,19H,1,4-5,10,18H2. The third-order valence-corrected chi connectivity index (χ3v) is 4.59. The van der Waals surface area contributed by atoms with E-state index in [2.05, 4.69) is 22.9 Å². The highest BCUT2D eigenvalue weighted by Crippen LogP contribution is 2.22. The second-order valence-electron chi connectivity index (χ2n) is 4.74. The van der Waals surface area contributed by atoms with E-state index in [0.717, 1.165) is 19.3 Å². The summed E-state index contributed by atoms with van der Waals surface area (Å²) in [7, 11) is 0. The van der Waals surface area contributed by atoms with Crippen molar-refractivity contribution in [2.45, 2.75) is 31.7 Å². The van der Waals surface area contributed by atoms with E-state index >= 15 is 0 Å². The summed E-state index contributed by atoms with van der Waals surface area (Å²) in [4.78, 5) is 1.37. The Morgan fingerprint density at radius 2 is 2.15 bits per heavy atom. The largest absolute Gasteiger partial charge is 0.271 e. The lowest BCUT2D eigenvalue weighted by atomic mass is 10.0. The highest BCUT2D eigenvalue weighted by Gasteiger charge is 2.13. The maximum Gasteiger partial charge on any atom is 0.127 e. The molecule has 0 aliphatic heterocycles. The number of aryl methyl sites for hydroxylation is 1. The van der Waals surface area contributed by atoms with Crippen LogP contribution in [0.15, 0.2) is 35.7 Å². The predicted molar refractivity (Wildman–Crippen MR) is 83.5 cm³/mol. The van der Waals surface area contributed by atoms with Gasteiger partial charge in [-0.25, -0.2) is 4.39 Å². The van der Waals surface area contributed by atoms with Crippen LogP contribution in [0.1, 0.15) is 23.3 Å². The Hall–Kier alpha value is -0.940. The van der Waals surface area contributed by atoms with Crippen molar-refractivity contribution < 1.29 is 4.39 Å². The zero-order valence-electron chi connectivity index (χ0n) is 11.1. The first-order chi connectivity index (χ1) is 9.70. The first-order valence-corrected chi connectivity index (χ1v) is 7.88. The van der Waals surface area contributed by atoms with Crippen LogP contribution in [0.25, 0.3) is 0 Å². The van der Waals surface area contributed by atoms with Crippen LogP contribution >= 0.6 is 22.9 Å². The van der Waals surface area contributed by atoms with Gasteiger partial charge < -0.3 is 0 Å². The van der Waals surface area contributed by atoms with Gasteiger partial charge in [0.05, 0.1) is 0 Å². The molecule has 0 aliphatic rings. The SMILES string of the molecule is NNC(CCCc1cccs1)Cc1c(F)cccc1Cl. The number of nitrogens with two attached hydrogens (primary N) is 1. The highest BCUT2D eigenvalue weighted by atomic mass is 35.5. The fraction of sp³-hybridized carbons (Fsp3) is 0.333. The quantitative estimate of drug-likeness (QED) is 0.600. The van der Waals surface area contributed by atoms with Crippen molar-refractivity contribution in [2.24, 2.45) is 5.84 Å². The van der Waals surface area contributed by atoms with Gasteiger partial charge in [0.2, 0.25) is 0 Å². The smallest absolute Gasteiger partial charge is 0.127 e. The Balaban J connectivity index is 1.88. The Bertz CT molecular complexity index is 510. The average molecular weight is 313 g/mol. The number of hydrogen-bond donors (Lipinski definition) is 2. The molecule has 0 amide bonds. The maximum atomic E-state index is 13.7. The molecule has 2 aromatic rings. The van der Waals surface area contributed by atoms with Crippen molar-refractivity contribution in [3.63, 3.8) is 0 Å². The third-order valence-electron chi connectivity index (χ3n) is 3.30. The molecular weight excluding hydrogens is 295 g/mol. The molecule has 0 fully saturated rings. The second kappa shape index (κ2) is 7.74. The molecule has 20 heavy (non-hydrogen) atoms. The van der Waals surface area contributed by atoms with Gasteiger partial charge in [0.25, 0.3) is 0 Å². The highest BCUT2D eigenvalue weighted by molar-refractivity contribution is 7.09. The first-order valence-electron chi connectivity index (χ1n) is 6.62. The molecule has 0 saturated carbocycles. The van der Waals surface area contributed by atoms with E-state index in [4.69, 9.17) is 17.4 Å². The Labute approximate surface area is 127 Å². The maximum absolute atomic E-state index is 13.7. The Morgan fingerprint density at radius 3 is 2.80 bits per heavy atom. The Morgan fingerprint density at radius 1 is 1.30 bits per heavy atom. The number of halogens is 2. The van der Waals surface area contributed by atoms with Crippen LogP contribution in [0, 0.1) is 5.82 Å². The number of hydrogen-bond acceptors (Lipinski definition) is 3. The number of rotatable bonds is 7.